The molecule has 15 heavy (non-hydrogen) atoms. The van der Waals surface area contributed by atoms with Crippen molar-refractivity contribution in [3.8, 4) is 0 Å². The van der Waals surface area contributed by atoms with Gasteiger partial charge in [-0.25, -0.2) is 4.79 Å². The molecule has 0 aliphatic heterocycles. The molecule has 0 radical (unpaired) electrons. The van der Waals surface area contributed by atoms with Gasteiger partial charge in [0, 0.05) is 5.71 Å². The first-order valence-corrected chi connectivity index (χ1v) is 4.76. The summed E-state index contributed by atoms with van der Waals surface area (Å²) in [4.78, 5) is 10.8. The van der Waals surface area contributed by atoms with Crippen molar-refractivity contribution in [3.63, 3.8) is 0 Å². The van der Waals surface area contributed by atoms with Crippen LogP contribution in [-0.4, -0.2) is 16.8 Å². The highest BCUT2D eigenvalue weighted by molar-refractivity contribution is 5.94. The molecule has 4 nitrogen and oxygen atoms in total. The number of hydrazone groups is 1. The van der Waals surface area contributed by atoms with E-state index in [2.05, 4.69) is 10.5 Å². The number of carbonyl (C=O) groups is 1. The molecule has 0 bridgehead atoms. The third kappa shape index (κ3) is 3.09. The summed E-state index contributed by atoms with van der Waals surface area (Å²) in [7, 11) is 0. The number of para-hydroxylation sites is 1. The first-order valence-electron chi connectivity index (χ1n) is 4.76. The van der Waals surface area contributed by atoms with Crippen molar-refractivity contribution in [2.75, 3.05) is 5.43 Å². The van der Waals surface area contributed by atoms with Crippen molar-refractivity contribution < 1.29 is 9.90 Å². The maximum Gasteiger partial charge on any atom is 0.337 e. The molecule has 0 aliphatic carbocycles. The van der Waals surface area contributed by atoms with E-state index in [4.69, 9.17) is 5.11 Å². The Labute approximate surface area is 88.6 Å². The summed E-state index contributed by atoms with van der Waals surface area (Å²) in [6, 6.07) is 6.69. The Balaban J connectivity index is 2.90. The van der Waals surface area contributed by atoms with E-state index in [1.165, 1.54) is 0 Å². The molecule has 2 N–H and O–H groups in total. The molecule has 0 aromatic heterocycles. The van der Waals surface area contributed by atoms with Crippen LogP contribution < -0.4 is 5.43 Å². The zero-order chi connectivity index (χ0) is 11.3. The molecular weight excluding hydrogens is 192 g/mol. The maximum atomic E-state index is 10.8. The van der Waals surface area contributed by atoms with Gasteiger partial charge in [0.2, 0.25) is 0 Å². The molecule has 0 amide bonds. The monoisotopic (exact) mass is 206 g/mol. The van der Waals surface area contributed by atoms with Gasteiger partial charge in [0.1, 0.15) is 0 Å². The molecule has 0 unspecified atom stereocenters. The van der Waals surface area contributed by atoms with Gasteiger partial charge in [0.25, 0.3) is 0 Å². The minimum Gasteiger partial charge on any atom is -0.478 e. The normalized spacial score (nSPS) is 11.2. The number of carboxylic acid groups (broad SMARTS) is 1. The Morgan fingerprint density at radius 1 is 1.47 bits per heavy atom. The van der Waals surface area contributed by atoms with Crippen LogP contribution in [0.15, 0.2) is 29.4 Å². The SMILES string of the molecule is CC/C(C)=N\Nc1ccccc1C(=O)O. The van der Waals surface area contributed by atoms with E-state index >= 15 is 0 Å². The minimum atomic E-state index is -0.956. The van der Waals surface area contributed by atoms with E-state index in [0.29, 0.717) is 5.69 Å². The van der Waals surface area contributed by atoms with E-state index in [1.54, 1.807) is 24.3 Å². The number of aromatic carboxylic acids is 1. The van der Waals surface area contributed by atoms with Crippen molar-refractivity contribution >= 4 is 17.4 Å². The van der Waals surface area contributed by atoms with Crippen LogP contribution in [0.5, 0.6) is 0 Å². The summed E-state index contributed by atoms with van der Waals surface area (Å²) >= 11 is 0. The third-order valence-electron chi connectivity index (χ3n) is 2.04. The Kier molecular flexibility index (Phi) is 3.85. The molecule has 1 aromatic rings. The molecule has 0 aliphatic rings. The number of hydrogen-bond donors (Lipinski definition) is 2. The van der Waals surface area contributed by atoms with Crippen molar-refractivity contribution in [1.29, 1.82) is 0 Å². The predicted molar refractivity (Wildman–Crippen MR) is 60.4 cm³/mol. The van der Waals surface area contributed by atoms with Crippen LogP contribution in [-0.2, 0) is 0 Å². The number of carboxylic acids is 1. The van der Waals surface area contributed by atoms with Crippen molar-refractivity contribution in [1.82, 2.24) is 0 Å². The van der Waals surface area contributed by atoms with E-state index < -0.39 is 5.97 Å². The van der Waals surface area contributed by atoms with Gasteiger partial charge in [-0.3, -0.25) is 5.43 Å². The first kappa shape index (κ1) is 11.2. The molecule has 0 heterocycles. The maximum absolute atomic E-state index is 10.8. The average Bonchev–Trinajstić information content (AvgIpc) is 2.26. The summed E-state index contributed by atoms with van der Waals surface area (Å²) in [5.41, 5.74) is 4.42. The lowest BCUT2D eigenvalue weighted by molar-refractivity contribution is 0.0698. The molecule has 0 saturated carbocycles. The number of nitrogens with zero attached hydrogens (tertiary/aromatic N) is 1. The summed E-state index contributed by atoms with van der Waals surface area (Å²) in [5, 5.41) is 13.0. The summed E-state index contributed by atoms with van der Waals surface area (Å²) in [5.74, 6) is -0.956. The molecule has 1 aromatic carbocycles. The largest absolute Gasteiger partial charge is 0.478 e. The fraction of sp³-hybridized carbons (Fsp3) is 0.273. The van der Waals surface area contributed by atoms with Crippen LogP contribution >= 0.6 is 0 Å². The summed E-state index contributed by atoms with van der Waals surface area (Å²) in [6.07, 6.45) is 0.836. The molecule has 0 spiro atoms. The van der Waals surface area contributed by atoms with Gasteiger partial charge in [-0.05, 0) is 25.5 Å². The lowest BCUT2D eigenvalue weighted by Gasteiger charge is -2.05. The number of benzene rings is 1. The van der Waals surface area contributed by atoms with E-state index in [-0.39, 0.29) is 5.56 Å². The van der Waals surface area contributed by atoms with Gasteiger partial charge < -0.3 is 5.11 Å². The fourth-order valence-electron chi connectivity index (χ4n) is 1.00. The van der Waals surface area contributed by atoms with Gasteiger partial charge in [-0.1, -0.05) is 19.1 Å². The molecule has 1 rings (SSSR count). The first-order chi connectivity index (χ1) is 7.15. The van der Waals surface area contributed by atoms with Gasteiger partial charge >= 0.3 is 5.97 Å². The Morgan fingerprint density at radius 2 is 2.13 bits per heavy atom. The zero-order valence-electron chi connectivity index (χ0n) is 8.82. The van der Waals surface area contributed by atoms with Gasteiger partial charge in [-0.2, -0.15) is 5.10 Å². The van der Waals surface area contributed by atoms with E-state index in [9.17, 15) is 4.79 Å². The molecule has 0 fully saturated rings. The molecule has 4 heteroatoms. The molecule has 80 valence electrons. The quantitative estimate of drug-likeness (QED) is 0.588. The second-order valence-corrected chi connectivity index (χ2v) is 3.16. The summed E-state index contributed by atoms with van der Waals surface area (Å²) < 4.78 is 0. The van der Waals surface area contributed by atoms with Crippen LogP contribution in [0.4, 0.5) is 5.69 Å². The second-order valence-electron chi connectivity index (χ2n) is 3.16. The van der Waals surface area contributed by atoms with Gasteiger partial charge in [0.15, 0.2) is 0 Å². The Hall–Kier alpha value is -1.84. The lowest BCUT2D eigenvalue weighted by Crippen LogP contribution is -2.03. The van der Waals surface area contributed by atoms with Crippen LogP contribution in [0.2, 0.25) is 0 Å². The molecule has 0 saturated heterocycles. The number of rotatable bonds is 4. The summed E-state index contributed by atoms with van der Waals surface area (Å²) in [6.45, 7) is 3.87. The van der Waals surface area contributed by atoms with Gasteiger partial charge in [0.05, 0.1) is 11.3 Å². The Morgan fingerprint density at radius 3 is 2.73 bits per heavy atom. The highest BCUT2D eigenvalue weighted by atomic mass is 16.4. The average molecular weight is 206 g/mol. The fourth-order valence-corrected chi connectivity index (χ4v) is 1.00. The highest BCUT2D eigenvalue weighted by Crippen LogP contribution is 2.14. The number of nitrogens with one attached hydrogen (secondary N) is 1. The topological polar surface area (TPSA) is 61.7 Å². The number of hydrogen-bond acceptors (Lipinski definition) is 3. The highest BCUT2D eigenvalue weighted by Gasteiger charge is 2.07. The molecule has 0 atom stereocenters. The minimum absolute atomic E-state index is 0.227. The predicted octanol–water partition coefficient (Wildman–Crippen LogP) is 2.58. The smallest absolute Gasteiger partial charge is 0.337 e. The van der Waals surface area contributed by atoms with Crippen LogP contribution in [0.25, 0.3) is 0 Å². The Bertz CT molecular complexity index is 386. The van der Waals surface area contributed by atoms with Gasteiger partial charge in [-0.15, -0.1) is 0 Å². The third-order valence-corrected chi connectivity index (χ3v) is 2.04. The zero-order valence-corrected chi connectivity index (χ0v) is 8.82. The van der Waals surface area contributed by atoms with Crippen LogP contribution in [0, 0.1) is 0 Å². The van der Waals surface area contributed by atoms with Crippen molar-refractivity contribution in [2.45, 2.75) is 20.3 Å². The second kappa shape index (κ2) is 5.14. The standard InChI is InChI=1S/C11H14N2O2/c1-3-8(2)12-13-10-7-5-4-6-9(10)11(14)15/h4-7,13H,3H2,1-2H3,(H,14,15)/b12-8-. The molecular formula is C11H14N2O2. The van der Waals surface area contributed by atoms with Crippen molar-refractivity contribution in [2.24, 2.45) is 5.10 Å². The van der Waals surface area contributed by atoms with Crippen LogP contribution in [0.1, 0.15) is 30.6 Å². The van der Waals surface area contributed by atoms with E-state index in [1.807, 2.05) is 13.8 Å². The van der Waals surface area contributed by atoms with Crippen molar-refractivity contribution in [3.05, 3.63) is 29.8 Å². The number of anilines is 1. The van der Waals surface area contributed by atoms with E-state index in [0.717, 1.165) is 12.1 Å². The lowest BCUT2D eigenvalue weighted by atomic mass is 10.2. The van der Waals surface area contributed by atoms with Crippen LogP contribution in [0.3, 0.4) is 0 Å².